The van der Waals surface area contributed by atoms with E-state index in [-0.39, 0.29) is 5.41 Å². The van der Waals surface area contributed by atoms with Gasteiger partial charge in [0.2, 0.25) is 10.0 Å². The van der Waals surface area contributed by atoms with E-state index in [0.29, 0.717) is 24.6 Å². The lowest BCUT2D eigenvalue weighted by molar-refractivity contribution is 0.157. The molecule has 2 fully saturated rings. The lowest BCUT2D eigenvalue weighted by Crippen LogP contribution is -2.32. The second-order valence-electron chi connectivity index (χ2n) is 6.51. The van der Waals surface area contributed by atoms with Crippen LogP contribution in [0.15, 0.2) is 35.4 Å². The fraction of sp³-hybridized carbons (Fsp3) is 0.500. The third-order valence-electron chi connectivity index (χ3n) is 5.07. The molecule has 1 aromatic heterocycles. The lowest BCUT2D eigenvalue weighted by Gasteiger charge is -2.22. The molecule has 5 nitrogen and oxygen atoms in total. The first-order valence-corrected chi connectivity index (χ1v) is 9.08. The van der Waals surface area contributed by atoms with Crippen molar-refractivity contribution in [1.29, 1.82) is 0 Å². The van der Waals surface area contributed by atoms with Gasteiger partial charge in [-0.05, 0) is 25.0 Å². The van der Waals surface area contributed by atoms with Gasteiger partial charge in [0, 0.05) is 43.7 Å². The number of nitrogens with zero attached hydrogens (tertiary/aromatic N) is 2. The van der Waals surface area contributed by atoms with Crippen LogP contribution in [0.3, 0.4) is 0 Å². The van der Waals surface area contributed by atoms with Gasteiger partial charge in [-0.2, -0.15) is 4.31 Å². The van der Waals surface area contributed by atoms with E-state index in [1.807, 2.05) is 36.0 Å². The molecule has 0 N–H and O–H groups in total. The Morgan fingerprint density at radius 3 is 2.86 bits per heavy atom. The predicted octanol–water partition coefficient (Wildman–Crippen LogP) is 1.98. The number of benzene rings is 1. The number of fused-ring (bicyclic) bond motifs is 1. The van der Waals surface area contributed by atoms with Crippen LogP contribution in [-0.4, -0.2) is 43.6 Å². The highest BCUT2D eigenvalue weighted by Gasteiger charge is 2.45. The van der Waals surface area contributed by atoms with E-state index in [2.05, 4.69) is 0 Å². The minimum Gasteiger partial charge on any atom is -0.381 e. The molecule has 22 heavy (non-hydrogen) atoms. The minimum absolute atomic E-state index is 0.0369. The van der Waals surface area contributed by atoms with Crippen molar-refractivity contribution in [1.82, 2.24) is 8.87 Å². The van der Waals surface area contributed by atoms with Crippen molar-refractivity contribution in [2.45, 2.75) is 17.7 Å². The molecule has 0 bridgehead atoms. The van der Waals surface area contributed by atoms with Gasteiger partial charge in [-0.15, -0.1) is 0 Å². The van der Waals surface area contributed by atoms with E-state index in [0.717, 1.165) is 30.4 Å². The third-order valence-corrected chi connectivity index (χ3v) is 6.94. The second-order valence-corrected chi connectivity index (χ2v) is 8.42. The van der Waals surface area contributed by atoms with Crippen molar-refractivity contribution in [3.63, 3.8) is 0 Å². The summed E-state index contributed by atoms with van der Waals surface area (Å²) >= 11 is 0. The number of ether oxygens (including phenoxy) is 1. The highest BCUT2D eigenvalue weighted by atomic mass is 32.2. The molecule has 0 aliphatic carbocycles. The van der Waals surface area contributed by atoms with Gasteiger partial charge >= 0.3 is 0 Å². The van der Waals surface area contributed by atoms with Gasteiger partial charge < -0.3 is 9.30 Å². The molecular formula is C16H20N2O3S. The van der Waals surface area contributed by atoms with Gasteiger partial charge in [0.1, 0.15) is 4.90 Å². The zero-order chi connectivity index (χ0) is 15.4. The van der Waals surface area contributed by atoms with Gasteiger partial charge in [0.25, 0.3) is 0 Å². The molecule has 2 aliphatic rings. The van der Waals surface area contributed by atoms with Crippen LogP contribution in [-0.2, 0) is 21.8 Å². The molecule has 1 atom stereocenters. The number of rotatable bonds is 2. The van der Waals surface area contributed by atoms with E-state index >= 15 is 0 Å². The van der Waals surface area contributed by atoms with Crippen LogP contribution in [0, 0.1) is 5.41 Å². The Bertz CT molecular complexity index is 819. The summed E-state index contributed by atoms with van der Waals surface area (Å²) in [6.07, 6.45) is 3.77. The van der Waals surface area contributed by atoms with Crippen molar-refractivity contribution in [2.75, 3.05) is 26.3 Å². The van der Waals surface area contributed by atoms with E-state index in [1.54, 1.807) is 10.4 Å². The Morgan fingerprint density at radius 1 is 1.23 bits per heavy atom. The Kier molecular flexibility index (Phi) is 3.11. The zero-order valence-corrected chi connectivity index (χ0v) is 13.5. The highest BCUT2D eigenvalue weighted by molar-refractivity contribution is 7.89. The monoisotopic (exact) mass is 320 g/mol. The number of hydrogen-bond acceptors (Lipinski definition) is 3. The molecule has 4 rings (SSSR count). The maximum Gasteiger partial charge on any atom is 0.245 e. The van der Waals surface area contributed by atoms with Gasteiger partial charge in [-0.1, -0.05) is 12.1 Å². The standard InChI is InChI=1S/C16H20N2O3S/c1-17-8-5-13-3-2-4-14(15(13)17)22(19,20)18-9-6-16(11-18)7-10-21-12-16/h2-5,8H,6-7,9-12H2,1H3. The molecule has 2 aliphatic heterocycles. The molecule has 1 spiro atoms. The summed E-state index contributed by atoms with van der Waals surface area (Å²) in [5, 5.41) is 0.960. The van der Waals surface area contributed by atoms with Crippen molar-refractivity contribution in [3.05, 3.63) is 30.5 Å². The van der Waals surface area contributed by atoms with Crippen LogP contribution in [0.2, 0.25) is 0 Å². The smallest absolute Gasteiger partial charge is 0.245 e. The molecule has 118 valence electrons. The number of aromatic nitrogens is 1. The Hall–Kier alpha value is -1.37. The average molecular weight is 320 g/mol. The van der Waals surface area contributed by atoms with Crippen molar-refractivity contribution in [3.8, 4) is 0 Å². The molecule has 2 aromatic rings. The Balaban J connectivity index is 1.76. The number of para-hydroxylation sites is 1. The zero-order valence-electron chi connectivity index (χ0n) is 12.7. The Morgan fingerprint density at radius 2 is 2.09 bits per heavy atom. The summed E-state index contributed by atoms with van der Waals surface area (Å²) in [5.74, 6) is 0. The van der Waals surface area contributed by atoms with Crippen LogP contribution in [0.1, 0.15) is 12.8 Å². The van der Waals surface area contributed by atoms with Crippen LogP contribution in [0.4, 0.5) is 0 Å². The molecule has 1 unspecified atom stereocenters. The fourth-order valence-corrected chi connectivity index (χ4v) is 5.55. The molecule has 3 heterocycles. The quantitative estimate of drug-likeness (QED) is 0.850. The molecule has 0 radical (unpaired) electrons. The van der Waals surface area contributed by atoms with Crippen molar-refractivity contribution >= 4 is 20.9 Å². The summed E-state index contributed by atoms with van der Waals surface area (Å²) in [7, 11) is -1.58. The first-order chi connectivity index (χ1) is 10.5. The molecule has 1 aromatic carbocycles. The minimum atomic E-state index is -3.46. The summed E-state index contributed by atoms with van der Waals surface area (Å²) < 4.78 is 35.2. The predicted molar refractivity (Wildman–Crippen MR) is 84.2 cm³/mol. The molecule has 6 heteroatoms. The number of aryl methyl sites for hydroxylation is 1. The largest absolute Gasteiger partial charge is 0.381 e. The third kappa shape index (κ3) is 2.01. The van der Waals surface area contributed by atoms with Gasteiger partial charge in [0.15, 0.2) is 0 Å². The topological polar surface area (TPSA) is 51.5 Å². The maximum atomic E-state index is 13.1. The lowest BCUT2D eigenvalue weighted by atomic mass is 9.87. The van der Waals surface area contributed by atoms with Crippen molar-refractivity contribution < 1.29 is 13.2 Å². The van der Waals surface area contributed by atoms with Crippen LogP contribution in [0.25, 0.3) is 10.9 Å². The molecule has 0 saturated carbocycles. The first-order valence-electron chi connectivity index (χ1n) is 7.64. The number of sulfonamides is 1. The van der Waals surface area contributed by atoms with Crippen LogP contribution < -0.4 is 0 Å². The summed E-state index contributed by atoms with van der Waals surface area (Å²) in [6, 6.07) is 7.43. The SMILES string of the molecule is Cn1ccc2cccc(S(=O)(=O)N3CCC4(CCOC4)C3)c21. The summed E-state index contributed by atoms with van der Waals surface area (Å²) in [6.45, 7) is 2.61. The van der Waals surface area contributed by atoms with Crippen LogP contribution >= 0.6 is 0 Å². The highest BCUT2D eigenvalue weighted by Crippen LogP contribution is 2.40. The average Bonchev–Trinajstić information content (AvgIpc) is 3.22. The van der Waals surface area contributed by atoms with Crippen molar-refractivity contribution in [2.24, 2.45) is 12.5 Å². The maximum absolute atomic E-state index is 13.1. The van der Waals surface area contributed by atoms with E-state index in [9.17, 15) is 8.42 Å². The van der Waals surface area contributed by atoms with Crippen LogP contribution in [0.5, 0.6) is 0 Å². The summed E-state index contributed by atoms with van der Waals surface area (Å²) in [4.78, 5) is 0.411. The Labute approximate surface area is 130 Å². The summed E-state index contributed by atoms with van der Waals surface area (Å²) in [5.41, 5.74) is 0.820. The molecule has 0 amide bonds. The number of hydrogen-bond donors (Lipinski definition) is 0. The second kappa shape index (κ2) is 4.81. The van der Waals surface area contributed by atoms with Gasteiger partial charge in [-0.25, -0.2) is 8.42 Å². The van der Waals surface area contributed by atoms with E-state index in [1.165, 1.54) is 0 Å². The van der Waals surface area contributed by atoms with E-state index in [4.69, 9.17) is 4.74 Å². The molecular weight excluding hydrogens is 300 g/mol. The first kappa shape index (κ1) is 14.2. The molecule has 2 saturated heterocycles. The normalized spacial score (nSPS) is 26.4. The van der Waals surface area contributed by atoms with Gasteiger partial charge in [0.05, 0.1) is 12.1 Å². The van der Waals surface area contributed by atoms with Gasteiger partial charge in [-0.3, -0.25) is 0 Å². The van der Waals surface area contributed by atoms with E-state index < -0.39 is 10.0 Å². The fourth-order valence-electron chi connectivity index (χ4n) is 3.74.